The second kappa shape index (κ2) is 6.21. The summed E-state index contributed by atoms with van der Waals surface area (Å²) in [5.74, 6) is 0. The van der Waals surface area contributed by atoms with Crippen molar-refractivity contribution in [2.45, 2.75) is 52.4 Å². The van der Waals surface area contributed by atoms with E-state index in [9.17, 15) is 0 Å². The van der Waals surface area contributed by atoms with Crippen molar-refractivity contribution in [1.82, 2.24) is 0 Å². The minimum atomic E-state index is -1.43. The molecule has 0 fully saturated rings. The maximum Gasteiger partial charge on any atom is 0.187 e. The van der Waals surface area contributed by atoms with Crippen molar-refractivity contribution in [3.63, 3.8) is 0 Å². The van der Waals surface area contributed by atoms with Crippen LogP contribution in [0.1, 0.15) is 30.9 Å². The molecule has 2 heteroatoms. The van der Waals surface area contributed by atoms with Gasteiger partial charge in [-0.3, -0.25) is 0 Å². The molecule has 1 aromatic carbocycles. The Bertz CT molecular complexity index is 320. The Kier molecular flexibility index (Phi) is 5.23. The van der Waals surface area contributed by atoms with Crippen LogP contribution in [0.2, 0.25) is 19.1 Å². The van der Waals surface area contributed by atoms with Gasteiger partial charge in [0.2, 0.25) is 0 Å². The lowest BCUT2D eigenvalue weighted by atomic mass is 10.1. The molecule has 0 aliphatic carbocycles. The standard InChI is InChI=1S/C14H24OSi/c1-5-6-11-16(3,4)15-12-14-10-8-7-9-13(14)2/h7-10H,5-6,11-12H2,1-4H3. The fourth-order valence-corrected chi connectivity index (χ4v) is 3.62. The lowest BCUT2D eigenvalue weighted by Crippen LogP contribution is -2.29. The molecule has 0 heterocycles. The second-order valence-corrected chi connectivity index (χ2v) is 9.39. The van der Waals surface area contributed by atoms with E-state index in [4.69, 9.17) is 4.43 Å². The molecule has 0 saturated carbocycles. The molecule has 1 nitrogen and oxygen atoms in total. The highest BCUT2D eigenvalue weighted by molar-refractivity contribution is 6.71. The van der Waals surface area contributed by atoms with Gasteiger partial charge in [-0.2, -0.15) is 0 Å². The minimum absolute atomic E-state index is 0.787. The molecule has 0 saturated heterocycles. The van der Waals surface area contributed by atoms with Gasteiger partial charge in [-0.1, -0.05) is 44.0 Å². The molecule has 0 aliphatic rings. The van der Waals surface area contributed by atoms with Gasteiger partial charge in [0.05, 0.1) is 6.61 Å². The first-order chi connectivity index (χ1) is 7.55. The maximum absolute atomic E-state index is 6.14. The van der Waals surface area contributed by atoms with Gasteiger partial charge >= 0.3 is 0 Å². The predicted molar refractivity (Wildman–Crippen MR) is 73.2 cm³/mol. The van der Waals surface area contributed by atoms with Crippen LogP contribution in [-0.2, 0) is 11.0 Å². The van der Waals surface area contributed by atoms with E-state index in [-0.39, 0.29) is 0 Å². The Hall–Kier alpha value is -0.603. The Morgan fingerprint density at radius 2 is 1.88 bits per heavy atom. The van der Waals surface area contributed by atoms with E-state index in [0.29, 0.717) is 0 Å². The van der Waals surface area contributed by atoms with E-state index in [2.05, 4.69) is 51.2 Å². The summed E-state index contributed by atoms with van der Waals surface area (Å²) in [5, 5.41) is 0. The van der Waals surface area contributed by atoms with Crippen LogP contribution in [0.15, 0.2) is 24.3 Å². The topological polar surface area (TPSA) is 9.23 Å². The molecule has 0 N–H and O–H groups in total. The minimum Gasteiger partial charge on any atom is -0.413 e. The molecule has 0 aromatic heterocycles. The normalized spacial score (nSPS) is 11.8. The molecule has 1 rings (SSSR count). The summed E-state index contributed by atoms with van der Waals surface area (Å²) < 4.78 is 6.14. The predicted octanol–water partition coefficient (Wildman–Crippen LogP) is 4.52. The third-order valence-electron chi connectivity index (χ3n) is 3.01. The van der Waals surface area contributed by atoms with Crippen molar-refractivity contribution in [2.75, 3.05) is 0 Å². The van der Waals surface area contributed by atoms with Crippen molar-refractivity contribution >= 4 is 8.32 Å². The summed E-state index contributed by atoms with van der Waals surface area (Å²) in [4.78, 5) is 0. The van der Waals surface area contributed by atoms with E-state index in [1.54, 1.807) is 0 Å². The molecule has 0 radical (unpaired) electrons. The molecule has 0 amide bonds. The molecule has 16 heavy (non-hydrogen) atoms. The molecule has 0 spiro atoms. The van der Waals surface area contributed by atoms with Crippen molar-refractivity contribution < 1.29 is 4.43 Å². The van der Waals surface area contributed by atoms with Crippen LogP contribution < -0.4 is 0 Å². The zero-order chi connectivity index (χ0) is 12.0. The van der Waals surface area contributed by atoms with Crippen LogP contribution in [0.25, 0.3) is 0 Å². The van der Waals surface area contributed by atoms with E-state index in [1.165, 1.54) is 30.0 Å². The van der Waals surface area contributed by atoms with Crippen molar-refractivity contribution in [3.05, 3.63) is 35.4 Å². The smallest absolute Gasteiger partial charge is 0.187 e. The number of rotatable bonds is 6. The number of benzene rings is 1. The van der Waals surface area contributed by atoms with Gasteiger partial charge < -0.3 is 4.43 Å². The SMILES string of the molecule is CCCC[Si](C)(C)OCc1ccccc1C. The highest BCUT2D eigenvalue weighted by Gasteiger charge is 2.21. The molecular formula is C14H24OSi. The third-order valence-corrected chi connectivity index (χ3v) is 5.50. The van der Waals surface area contributed by atoms with Gasteiger partial charge in [-0.15, -0.1) is 0 Å². The van der Waals surface area contributed by atoms with Crippen LogP contribution in [0.3, 0.4) is 0 Å². The summed E-state index contributed by atoms with van der Waals surface area (Å²) >= 11 is 0. The van der Waals surface area contributed by atoms with Gasteiger partial charge in [0.15, 0.2) is 8.32 Å². The zero-order valence-electron chi connectivity index (χ0n) is 11.0. The van der Waals surface area contributed by atoms with E-state index >= 15 is 0 Å². The van der Waals surface area contributed by atoms with Gasteiger partial charge in [0.1, 0.15) is 0 Å². The van der Waals surface area contributed by atoms with E-state index in [0.717, 1.165) is 6.61 Å². The Morgan fingerprint density at radius 1 is 1.19 bits per heavy atom. The van der Waals surface area contributed by atoms with Crippen LogP contribution in [0.4, 0.5) is 0 Å². The second-order valence-electron chi connectivity index (χ2n) is 5.08. The Morgan fingerprint density at radius 3 is 2.50 bits per heavy atom. The van der Waals surface area contributed by atoms with Gasteiger partial charge in [-0.05, 0) is 37.2 Å². The lowest BCUT2D eigenvalue weighted by molar-refractivity contribution is 0.293. The first-order valence-electron chi connectivity index (χ1n) is 6.23. The van der Waals surface area contributed by atoms with Gasteiger partial charge in [-0.25, -0.2) is 0 Å². The molecule has 90 valence electrons. The molecule has 1 aromatic rings. The van der Waals surface area contributed by atoms with Crippen molar-refractivity contribution in [1.29, 1.82) is 0 Å². The summed E-state index contributed by atoms with van der Waals surface area (Å²) in [6.45, 7) is 9.82. The summed E-state index contributed by atoms with van der Waals surface area (Å²) in [6, 6.07) is 9.76. The number of hydrogen-bond donors (Lipinski definition) is 0. The largest absolute Gasteiger partial charge is 0.413 e. The molecule has 0 unspecified atom stereocenters. The van der Waals surface area contributed by atoms with E-state index in [1.807, 2.05) is 0 Å². The Labute approximate surface area is 101 Å². The third kappa shape index (κ3) is 4.50. The number of hydrogen-bond acceptors (Lipinski definition) is 1. The first-order valence-corrected chi connectivity index (χ1v) is 9.35. The highest BCUT2D eigenvalue weighted by Crippen LogP contribution is 2.18. The van der Waals surface area contributed by atoms with Crippen LogP contribution in [0, 0.1) is 6.92 Å². The fraction of sp³-hybridized carbons (Fsp3) is 0.571. The zero-order valence-corrected chi connectivity index (χ0v) is 12.0. The van der Waals surface area contributed by atoms with Crippen LogP contribution in [0.5, 0.6) is 0 Å². The van der Waals surface area contributed by atoms with E-state index < -0.39 is 8.32 Å². The first kappa shape index (κ1) is 13.5. The molecule has 0 aliphatic heterocycles. The van der Waals surface area contributed by atoms with Crippen molar-refractivity contribution in [2.24, 2.45) is 0 Å². The molecule has 0 atom stereocenters. The average Bonchev–Trinajstić information content (AvgIpc) is 2.26. The fourth-order valence-electron chi connectivity index (χ4n) is 1.72. The number of unbranched alkanes of at least 4 members (excludes halogenated alkanes) is 1. The number of aryl methyl sites for hydroxylation is 1. The Balaban J connectivity index is 2.47. The van der Waals surface area contributed by atoms with Gasteiger partial charge in [0, 0.05) is 0 Å². The summed E-state index contributed by atoms with van der Waals surface area (Å²) in [6.07, 6.45) is 2.57. The van der Waals surface area contributed by atoms with Crippen LogP contribution >= 0.6 is 0 Å². The molecule has 0 bridgehead atoms. The van der Waals surface area contributed by atoms with Crippen molar-refractivity contribution in [3.8, 4) is 0 Å². The molecular weight excluding hydrogens is 212 g/mol. The average molecular weight is 236 g/mol. The van der Waals surface area contributed by atoms with Crippen LogP contribution in [-0.4, -0.2) is 8.32 Å². The quantitative estimate of drug-likeness (QED) is 0.660. The summed E-state index contributed by atoms with van der Waals surface area (Å²) in [5.41, 5.74) is 2.67. The van der Waals surface area contributed by atoms with Gasteiger partial charge in [0.25, 0.3) is 0 Å². The highest BCUT2D eigenvalue weighted by atomic mass is 28.4. The maximum atomic E-state index is 6.14. The lowest BCUT2D eigenvalue weighted by Gasteiger charge is -2.23. The monoisotopic (exact) mass is 236 g/mol. The summed E-state index contributed by atoms with van der Waals surface area (Å²) in [7, 11) is -1.43.